The Labute approximate surface area is 161 Å². The van der Waals surface area contributed by atoms with E-state index in [0.717, 1.165) is 18.5 Å². The first-order valence-electron chi connectivity index (χ1n) is 9.68. The lowest BCUT2D eigenvalue weighted by atomic mass is 10.1. The molecule has 0 bridgehead atoms. The van der Waals surface area contributed by atoms with Crippen LogP contribution in [0.2, 0.25) is 0 Å². The van der Waals surface area contributed by atoms with E-state index in [4.69, 9.17) is 5.26 Å². The van der Waals surface area contributed by atoms with Gasteiger partial charge in [0.25, 0.3) is 0 Å². The van der Waals surface area contributed by atoms with Crippen molar-refractivity contribution < 1.29 is 16.9 Å². The summed E-state index contributed by atoms with van der Waals surface area (Å²) in [6.07, 6.45) is 12.4. The highest BCUT2D eigenvalue weighted by molar-refractivity contribution is 5.32. The summed E-state index contributed by atoms with van der Waals surface area (Å²) in [6.45, 7) is 11.8. The van der Waals surface area contributed by atoms with Gasteiger partial charge in [-0.3, -0.25) is 0 Å². The average molecular weight is 363 g/mol. The van der Waals surface area contributed by atoms with Gasteiger partial charge in [-0.1, -0.05) is 44.4 Å². The first kappa shape index (κ1) is 23.7. The van der Waals surface area contributed by atoms with Crippen LogP contribution < -0.4 is 12.4 Å². The lowest BCUT2D eigenvalue weighted by molar-refractivity contribution is -0.919. The molecule has 0 spiro atoms. The third kappa shape index (κ3) is 9.10. The van der Waals surface area contributed by atoms with E-state index in [9.17, 15) is 0 Å². The van der Waals surface area contributed by atoms with Gasteiger partial charge in [-0.25, -0.2) is 0 Å². The third-order valence-electron chi connectivity index (χ3n) is 5.17. The number of nitriles is 1. The number of halogens is 1. The molecule has 0 aliphatic carbocycles. The summed E-state index contributed by atoms with van der Waals surface area (Å²) in [5.74, 6) is 0. The Morgan fingerprint density at radius 1 is 0.920 bits per heavy atom. The van der Waals surface area contributed by atoms with Crippen LogP contribution >= 0.6 is 0 Å². The van der Waals surface area contributed by atoms with Crippen molar-refractivity contribution in [1.29, 1.82) is 5.26 Å². The zero-order valence-electron chi connectivity index (χ0n) is 16.3. The standard InChI is InChI=1S/C22H35N2.ClH/c1-4-7-8-9-11-18-24(5-2,6-3)19-12-10-13-21-14-16-22(20-23)17-15-21;/h10,12,14-17H,4-9,11,13,18-19H2,1-3H3;1H/q+1;/p-1/b12-10+;. The molecule has 0 saturated carbocycles. The van der Waals surface area contributed by atoms with Crippen LogP contribution in [0.3, 0.4) is 0 Å². The number of nitrogens with zero attached hydrogens (tertiary/aromatic N) is 2. The molecule has 0 unspecified atom stereocenters. The van der Waals surface area contributed by atoms with Crippen molar-refractivity contribution >= 4 is 0 Å². The smallest absolute Gasteiger partial charge is 0.0991 e. The predicted molar refractivity (Wildman–Crippen MR) is 104 cm³/mol. The third-order valence-corrected chi connectivity index (χ3v) is 5.17. The van der Waals surface area contributed by atoms with E-state index < -0.39 is 0 Å². The minimum absolute atomic E-state index is 0. The normalized spacial score (nSPS) is 11.3. The number of benzene rings is 1. The molecule has 3 heteroatoms. The number of unbranched alkanes of at least 4 members (excludes halogenated alkanes) is 4. The van der Waals surface area contributed by atoms with Gasteiger partial charge in [0.05, 0.1) is 37.8 Å². The maximum Gasteiger partial charge on any atom is 0.0991 e. The highest BCUT2D eigenvalue weighted by Crippen LogP contribution is 2.12. The molecule has 0 saturated heterocycles. The lowest BCUT2D eigenvalue weighted by Gasteiger charge is -2.36. The second kappa shape index (κ2) is 13.9. The van der Waals surface area contributed by atoms with E-state index in [1.165, 1.54) is 61.8 Å². The van der Waals surface area contributed by atoms with Gasteiger partial charge in [-0.2, -0.15) is 5.26 Å². The van der Waals surface area contributed by atoms with Gasteiger partial charge in [0, 0.05) is 0 Å². The largest absolute Gasteiger partial charge is 1.00 e. The molecule has 2 nitrogen and oxygen atoms in total. The van der Waals surface area contributed by atoms with Gasteiger partial charge in [0.2, 0.25) is 0 Å². The fourth-order valence-electron chi connectivity index (χ4n) is 3.17. The second-order valence-electron chi connectivity index (χ2n) is 6.78. The summed E-state index contributed by atoms with van der Waals surface area (Å²) >= 11 is 0. The maximum atomic E-state index is 8.84. The number of allylic oxidation sites excluding steroid dienone is 1. The minimum atomic E-state index is 0. The molecule has 0 aromatic heterocycles. The molecule has 0 fully saturated rings. The molecule has 0 heterocycles. The Balaban J connectivity index is 0.00000576. The number of hydrogen-bond acceptors (Lipinski definition) is 1. The quantitative estimate of drug-likeness (QED) is 0.318. The fourth-order valence-corrected chi connectivity index (χ4v) is 3.17. The molecule has 0 N–H and O–H groups in total. The number of quaternary nitrogens is 1. The topological polar surface area (TPSA) is 23.8 Å². The predicted octanol–water partition coefficient (Wildman–Crippen LogP) is 2.49. The first-order valence-corrected chi connectivity index (χ1v) is 9.68. The molecule has 0 aliphatic heterocycles. The number of likely N-dealkylation sites (N-methyl/N-ethyl adjacent to an activating group) is 1. The van der Waals surface area contributed by atoms with Crippen LogP contribution in [0.15, 0.2) is 36.4 Å². The number of hydrogen-bond donors (Lipinski definition) is 0. The van der Waals surface area contributed by atoms with E-state index in [-0.39, 0.29) is 12.4 Å². The van der Waals surface area contributed by atoms with Crippen LogP contribution in [-0.4, -0.2) is 30.7 Å². The second-order valence-corrected chi connectivity index (χ2v) is 6.78. The van der Waals surface area contributed by atoms with Crippen molar-refractivity contribution in [2.75, 3.05) is 26.2 Å². The van der Waals surface area contributed by atoms with Gasteiger partial charge >= 0.3 is 0 Å². The van der Waals surface area contributed by atoms with Gasteiger partial charge < -0.3 is 16.9 Å². The molecule has 0 amide bonds. The van der Waals surface area contributed by atoms with Gasteiger partial charge in [-0.15, -0.1) is 0 Å². The molecule has 0 atom stereocenters. The molecule has 25 heavy (non-hydrogen) atoms. The molecular weight excluding hydrogens is 328 g/mol. The average Bonchev–Trinajstić information content (AvgIpc) is 2.64. The van der Waals surface area contributed by atoms with E-state index in [0.29, 0.717) is 0 Å². The zero-order valence-corrected chi connectivity index (χ0v) is 17.1. The van der Waals surface area contributed by atoms with Crippen molar-refractivity contribution in [1.82, 2.24) is 0 Å². The molecule has 140 valence electrons. The Bertz CT molecular complexity index is 510. The van der Waals surface area contributed by atoms with Crippen molar-refractivity contribution in [3.05, 3.63) is 47.5 Å². The summed E-state index contributed by atoms with van der Waals surface area (Å²) < 4.78 is 1.20. The maximum absolute atomic E-state index is 8.84. The van der Waals surface area contributed by atoms with E-state index in [1.807, 2.05) is 12.1 Å². The van der Waals surface area contributed by atoms with Crippen LogP contribution in [0, 0.1) is 11.3 Å². The highest BCUT2D eigenvalue weighted by Gasteiger charge is 2.20. The van der Waals surface area contributed by atoms with E-state index >= 15 is 0 Å². The van der Waals surface area contributed by atoms with Crippen LogP contribution in [0.5, 0.6) is 0 Å². The monoisotopic (exact) mass is 362 g/mol. The lowest BCUT2D eigenvalue weighted by Crippen LogP contribution is -3.00. The summed E-state index contributed by atoms with van der Waals surface area (Å²) in [5.41, 5.74) is 2.01. The van der Waals surface area contributed by atoms with Crippen LogP contribution in [0.1, 0.15) is 64.0 Å². The number of rotatable bonds is 12. The molecule has 1 rings (SSSR count). The molecule has 1 aromatic rings. The van der Waals surface area contributed by atoms with Crippen LogP contribution in [-0.2, 0) is 6.42 Å². The molecular formula is C22H35ClN2. The molecule has 1 aromatic carbocycles. The van der Waals surface area contributed by atoms with Crippen molar-refractivity contribution in [3.8, 4) is 6.07 Å². The van der Waals surface area contributed by atoms with Crippen molar-refractivity contribution in [3.63, 3.8) is 0 Å². The SMILES string of the molecule is CCCCCCC[N+](CC)(CC)C/C=C/Cc1ccc(C#N)cc1.[Cl-]. The van der Waals surface area contributed by atoms with Crippen LogP contribution in [0.4, 0.5) is 0 Å². The minimum Gasteiger partial charge on any atom is -1.00 e. The zero-order chi connectivity index (χ0) is 17.7. The Kier molecular flexibility index (Phi) is 13.2. The fraction of sp³-hybridized carbons (Fsp3) is 0.591. The summed E-state index contributed by atoms with van der Waals surface area (Å²) in [4.78, 5) is 0. The van der Waals surface area contributed by atoms with Gasteiger partial charge in [0.1, 0.15) is 0 Å². The van der Waals surface area contributed by atoms with Gasteiger partial charge in [0.15, 0.2) is 0 Å². The van der Waals surface area contributed by atoms with Crippen LogP contribution in [0.25, 0.3) is 0 Å². The Morgan fingerprint density at radius 3 is 2.12 bits per heavy atom. The Hall–Kier alpha value is -1.30. The van der Waals surface area contributed by atoms with Crippen molar-refractivity contribution in [2.45, 2.75) is 59.3 Å². The van der Waals surface area contributed by atoms with E-state index in [2.05, 4.69) is 51.1 Å². The van der Waals surface area contributed by atoms with Crippen molar-refractivity contribution in [2.24, 2.45) is 0 Å². The summed E-state index contributed by atoms with van der Waals surface area (Å²) in [7, 11) is 0. The Morgan fingerprint density at radius 2 is 1.56 bits per heavy atom. The van der Waals surface area contributed by atoms with Gasteiger partial charge in [-0.05, 0) is 56.9 Å². The first-order chi connectivity index (χ1) is 11.7. The van der Waals surface area contributed by atoms with E-state index in [1.54, 1.807) is 0 Å². The molecule has 0 radical (unpaired) electrons. The summed E-state index contributed by atoms with van der Waals surface area (Å²) in [6, 6.07) is 10.1. The molecule has 0 aliphatic rings. The highest BCUT2D eigenvalue weighted by atomic mass is 35.5. The summed E-state index contributed by atoms with van der Waals surface area (Å²) in [5, 5.41) is 8.84.